The number of benzene rings is 1. The van der Waals surface area contributed by atoms with Gasteiger partial charge in [-0.2, -0.15) is 0 Å². The summed E-state index contributed by atoms with van der Waals surface area (Å²) in [6.07, 6.45) is 3.08. The second kappa shape index (κ2) is 6.89. The van der Waals surface area contributed by atoms with E-state index in [0.29, 0.717) is 5.92 Å². The molecule has 0 bridgehead atoms. The highest BCUT2D eigenvalue weighted by atomic mass is 35.5. The van der Waals surface area contributed by atoms with Crippen molar-refractivity contribution in [3.05, 3.63) is 35.9 Å². The van der Waals surface area contributed by atoms with Crippen molar-refractivity contribution in [3.63, 3.8) is 0 Å². The van der Waals surface area contributed by atoms with Gasteiger partial charge in [-0.1, -0.05) is 30.3 Å². The van der Waals surface area contributed by atoms with Gasteiger partial charge in [0, 0.05) is 6.54 Å². The molecular weight excluding hydrogens is 222 g/mol. The maximum Gasteiger partial charge on any atom is 0.0543 e. The number of nitrogens with one attached hydrogen (secondary N) is 1. The molecule has 1 aromatic carbocycles. The van der Waals surface area contributed by atoms with E-state index in [4.69, 9.17) is 0 Å². The maximum absolute atomic E-state index is 9.39. The Kier molecular flexibility index (Phi) is 5.81. The van der Waals surface area contributed by atoms with Crippen molar-refractivity contribution in [2.75, 3.05) is 6.54 Å². The van der Waals surface area contributed by atoms with Gasteiger partial charge in [-0.3, -0.25) is 0 Å². The second-order valence-electron chi connectivity index (χ2n) is 4.45. The van der Waals surface area contributed by atoms with Gasteiger partial charge < -0.3 is 10.4 Å². The zero-order chi connectivity index (χ0) is 10.5. The Labute approximate surface area is 103 Å². The van der Waals surface area contributed by atoms with Crippen molar-refractivity contribution < 1.29 is 5.11 Å². The van der Waals surface area contributed by atoms with E-state index < -0.39 is 0 Å². The quantitative estimate of drug-likeness (QED) is 0.848. The van der Waals surface area contributed by atoms with Gasteiger partial charge in [0.2, 0.25) is 0 Å². The molecule has 1 fully saturated rings. The smallest absolute Gasteiger partial charge is 0.0543 e. The number of halogens is 1. The van der Waals surface area contributed by atoms with E-state index in [1.54, 1.807) is 0 Å². The van der Waals surface area contributed by atoms with E-state index in [1.165, 1.54) is 12.0 Å². The summed E-state index contributed by atoms with van der Waals surface area (Å²) in [5, 5.41) is 12.8. The number of hydrogen-bond acceptors (Lipinski definition) is 2. The fourth-order valence-electron chi connectivity index (χ4n) is 2.25. The first kappa shape index (κ1) is 13.5. The van der Waals surface area contributed by atoms with E-state index >= 15 is 0 Å². The molecule has 1 aliphatic rings. The first-order valence-corrected chi connectivity index (χ1v) is 5.77. The molecule has 0 aliphatic heterocycles. The van der Waals surface area contributed by atoms with Crippen molar-refractivity contribution in [1.82, 2.24) is 5.32 Å². The molecule has 2 rings (SSSR count). The van der Waals surface area contributed by atoms with Crippen LogP contribution in [0.25, 0.3) is 0 Å². The summed E-state index contributed by atoms with van der Waals surface area (Å²) < 4.78 is 0. The molecule has 0 radical (unpaired) electrons. The van der Waals surface area contributed by atoms with Crippen LogP contribution in [0.5, 0.6) is 0 Å². The van der Waals surface area contributed by atoms with Crippen LogP contribution in [0.3, 0.4) is 0 Å². The summed E-state index contributed by atoms with van der Waals surface area (Å²) in [5.74, 6) is 0.670. The Morgan fingerprint density at radius 2 is 1.94 bits per heavy atom. The van der Waals surface area contributed by atoms with E-state index in [9.17, 15) is 5.11 Å². The van der Waals surface area contributed by atoms with Crippen molar-refractivity contribution in [3.8, 4) is 0 Å². The molecule has 0 unspecified atom stereocenters. The van der Waals surface area contributed by atoms with Crippen LogP contribution in [-0.4, -0.2) is 17.8 Å². The summed E-state index contributed by atoms with van der Waals surface area (Å²) in [7, 11) is 0. The van der Waals surface area contributed by atoms with Crippen LogP contribution < -0.4 is 5.32 Å². The highest BCUT2D eigenvalue weighted by molar-refractivity contribution is 5.85. The van der Waals surface area contributed by atoms with Gasteiger partial charge in [0.15, 0.2) is 0 Å². The average molecular weight is 242 g/mol. The fourth-order valence-corrected chi connectivity index (χ4v) is 2.25. The maximum atomic E-state index is 9.39. The lowest BCUT2D eigenvalue weighted by atomic mass is 10.1. The largest absolute Gasteiger partial charge is 0.393 e. The van der Waals surface area contributed by atoms with Gasteiger partial charge in [-0.25, -0.2) is 0 Å². The van der Waals surface area contributed by atoms with Crippen molar-refractivity contribution in [2.45, 2.75) is 31.9 Å². The Hall–Kier alpha value is -0.570. The molecule has 0 aromatic heterocycles. The molecule has 0 heterocycles. The molecule has 16 heavy (non-hydrogen) atoms. The predicted molar refractivity (Wildman–Crippen MR) is 68.7 cm³/mol. The minimum atomic E-state index is -0.0477. The van der Waals surface area contributed by atoms with Gasteiger partial charge in [-0.05, 0) is 37.3 Å². The number of rotatable bonds is 4. The monoisotopic (exact) mass is 241 g/mol. The van der Waals surface area contributed by atoms with Gasteiger partial charge in [-0.15, -0.1) is 12.4 Å². The second-order valence-corrected chi connectivity index (χ2v) is 4.45. The van der Waals surface area contributed by atoms with Crippen molar-refractivity contribution >= 4 is 12.4 Å². The van der Waals surface area contributed by atoms with Gasteiger partial charge in [0.05, 0.1) is 6.10 Å². The van der Waals surface area contributed by atoms with Crippen LogP contribution in [0.4, 0.5) is 0 Å². The van der Waals surface area contributed by atoms with Crippen molar-refractivity contribution in [1.29, 1.82) is 0 Å². The summed E-state index contributed by atoms with van der Waals surface area (Å²) in [4.78, 5) is 0. The molecule has 2 N–H and O–H groups in total. The lowest BCUT2D eigenvalue weighted by Gasteiger charge is -2.10. The molecule has 1 saturated carbocycles. The molecule has 1 aromatic rings. The summed E-state index contributed by atoms with van der Waals surface area (Å²) in [6.45, 7) is 1.97. The normalized spacial score (nSPS) is 24.1. The first-order chi connectivity index (χ1) is 7.34. The van der Waals surface area contributed by atoms with Gasteiger partial charge in [0.25, 0.3) is 0 Å². The SMILES string of the molecule is Cl.O[C@H]1CC[C@H](CNCc2ccccc2)C1. The van der Waals surface area contributed by atoms with Crippen LogP contribution in [0.15, 0.2) is 30.3 Å². The van der Waals surface area contributed by atoms with E-state index in [0.717, 1.165) is 25.9 Å². The first-order valence-electron chi connectivity index (χ1n) is 5.77. The molecule has 0 saturated heterocycles. The lowest BCUT2D eigenvalue weighted by molar-refractivity contribution is 0.177. The standard InChI is InChI=1S/C13H19NO.ClH/c15-13-7-6-12(8-13)10-14-9-11-4-2-1-3-5-11;/h1-5,12-15H,6-10H2;1H/t12-,13-;/m0./s1. The van der Waals surface area contributed by atoms with E-state index in [1.807, 2.05) is 6.07 Å². The van der Waals surface area contributed by atoms with Crippen LogP contribution in [-0.2, 0) is 6.54 Å². The minimum absolute atomic E-state index is 0. The summed E-state index contributed by atoms with van der Waals surface area (Å²) in [6, 6.07) is 10.4. The summed E-state index contributed by atoms with van der Waals surface area (Å²) in [5.41, 5.74) is 1.33. The Balaban J connectivity index is 0.00000128. The fraction of sp³-hybridized carbons (Fsp3) is 0.538. The molecular formula is C13H20ClNO. The van der Waals surface area contributed by atoms with Crippen LogP contribution in [0.2, 0.25) is 0 Å². The molecule has 1 aliphatic carbocycles. The zero-order valence-corrected chi connectivity index (χ0v) is 10.2. The number of aliphatic hydroxyl groups excluding tert-OH is 1. The predicted octanol–water partition coefficient (Wildman–Crippen LogP) is 2.36. The third-order valence-electron chi connectivity index (χ3n) is 3.12. The van der Waals surface area contributed by atoms with E-state index in [-0.39, 0.29) is 18.5 Å². The highest BCUT2D eigenvalue weighted by Gasteiger charge is 2.21. The molecule has 2 atom stereocenters. The number of aliphatic hydroxyl groups is 1. The Morgan fingerprint density at radius 1 is 1.19 bits per heavy atom. The topological polar surface area (TPSA) is 32.3 Å². The van der Waals surface area contributed by atoms with Crippen molar-refractivity contribution in [2.24, 2.45) is 5.92 Å². The van der Waals surface area contributed by atoms with E-state index in [2.05, 4.69) is 29.6 Å². The molecule has 0 spiro atoms. The average Bonchev–Trinajstić information content (AvgIpc) is 2.66. The molecule has 0 amide bonds. The third-order valence-corrected chi connectivity index (χ3v) is 3.12. The van der Waals surface area contributed by atoms with Gasteiger partial charge >= 0.3 is 0 Å². The van der Waals surface area contributed by atoms with Crippen LogP contribution >= 0.6 is 12.4 Å². The molecule has 2 nitrogen and oxygen atoms in total. The Morgan fingerprint density at radius 3 is 2.56 bits per heavy atom. The minimum Gasteiger partial charge on any atom is -0.393 e. The van der Waals surface area contributed by atoms with Gasteiger partial charge in [0.1, 0.15) is 0 Å². The molecule has 90 valence electrons. The summed E-state index contributed by atoms with van der Waals surface area (Å²) >= 11 is 0. The lowest BCUT2D eigenvalue weighted by Crippen LogP contribution is -2.21. The van der Waals surface area contributed by atoms with Crippen LogP contribution in [0, 0.1) is 5.92 Å². The highest BCUT2D eigenvalue weighted by Crippen LogP contribution is 2.24. The number of hydrogen-bond donors (Lipinski definition) is 2. The molecule has 3 heteroatoms. The Bertz CT molecular complexity index is 291. The van der Waals surface area contributed by atoms with Crippen LogP contribution in [0.1, 0.15) is 24.8 Å². The zero-order valence-electron chi connectivity index (χ0n) is 9.43. The third kappa shape index (κ3) is 4.12.